The van der Waals surface area contributed by atoms with Gasteiger partial charge in [-0.3, -0.25) is 4.79 Å². The predicted octanol–water partition coefficient (Wildman–Crippen LogP) is 4.54. The first kappa shape index (κ1) is 27.3. The molecule has 0 aliphatic rings. The predicted molar refractivity (Wildman–Crippen MR) is 112 cm³/mol. The van der Waals surface area contributed by atoms with Gasteiger partial charge in [-0.25, -0.2) is 0 Å². The van der Waals surface area contributed by atoms with Crippen molar-refractivity contribution >= 4 is 5.97 Å². The summed E-state index contributed by atoms with van der Waals surface area (Å²) in [6.07, 6.45) is 10.5. The molecule has 0 fully saturated rings. The highest BCUT2D eigenvalue weighted by Gasteiger charge is 2.02. The van der Waals surface area contributed by atoms with Crippen molar-refractivity contribution in [3.63, 3.8) is 0 Å². The van der Waals surface area contributed by atoms with Gasteiger partial charge in [-0.1, -0.05) is 52.4 Å². The van der Waals surface area contributed by atoms with Crippen molar-refractivity contribution in [3.8, 4) is 0 Å². The smallest absolute Gasteiger partial charge is 0.305 e. The summed E-state index contributed by atoms with van der Waals surface area (Å²) in [6.45, 7) is 9.77. The summed E-state index contributed by atoms with van der Waals surface area (Å²) >= 11 is 0. The second kappa shape index (κ2) is 24.3. The van der Waals surface area contributed by atoms with Crippen LogP contribution < -0.4 is 0 Å². The molecule has 0 spiro atoms. The van der Waals surface area contributed by atoms with Crippen LogP contribution in [0.2, 0.25) is 0 Å². The van der Waals surface area contributed by atoms with Crippen LogP contribution in [0, 0.1) is 0 Å². The molecule has 0 aromatic rings. The molecule has 0 rings (SSSR count). The van der Waals surface area contributed by atoms with Crippen LogP contribution in [0.4, 0.5) is 0 Å². The lowest BCUT2D eigenvalue weighted by atomic mass is 10.2. The Morgan fingerprint density at radius 2 is 0.929 bits per heavy atom. The van der Waals surface area contributed by atoms with E-state index in [0.717, 1.165) is 25.9 Å². The van der Waals surface area contributed by atoms with Crippen LogP contribution in [0.15, 0.2) is 0 Å². The molecule has 0 aliphatic heterocycles. The van der Waals surface area contributed by atoms with Gasteiger partial charge in [-0.15, -0.1) is 0 Å². The zero-order chi connectivity index (χ0) is 20.5. The molecule has 6 heteroatoms. The molecule has 0 atom stereocenters. The van der Waals surface area contributed by atoms with E-state index >= 15 is 0 Å². The second-order valence-electron chi connectivity index (χ2n) is 6.89. The Labute approximate surface area is 172 Å². The van der Waals surface area contributed by atoms with E-state index in [-0.39, 0.29) is 5.97 Å². The van der Waals surface area contributed by atoms with Crippen molar-refractivity contribution in [3.05, 3.63) is 0 Å². The lowest BCUT2D eigenvalue weighted by molar-refractivity contribution is -0.144. The van der Waals surface area contributed by atoms with Gasteiger partial charge in [0.1, 0.15) is 0 Å². The first-order chi connectivity index (χ1) is 13.8. The third-order valence-corrected chi connectivity index (χ3v) is 4.19. The van der Waals surface area contributed by atoms with Gasteiger partial charge < -0.3 is 23.7 Å². The molecule has 0 aromatic carbocycles. The van der Waals surface area contributed by atoms with E-state index in [9.17, 15) is 4.79 Å². The zero-order valence-electron chi connectivity index (χ0n) is 18.4. The molecule has 0 unspecified atom stereocenters. The van der Waals surface area contributed by atoms with Crippen LogP contribution in [-0.2, 0) is 28.5 Å². The van der Waals surface area contributed by atoms with Gasteiger partial charge in [0.05, 0.1) is 46.2 Å². The van der Waals surface area contributed by atoms with Crippen molar-refractivity contribution < 1.29 is 28.5 Å². The van der Waals surface area contributed by atoms with Gasteiger partial charge in [0.2, 0.25) is 0 Å². The fourth-order valence-corrected chi connectivity index (χ4v) is 2.50. The van der Waals surface area contributed by atoms with Crippen molar-refractivity contribution in [2.45, 2.75) is 78.1 Å². The molecule has 0 saturated heterocycles. The quantitative estimate of drug-likeness (QED) is 0.184. The van der Waals surface area contributed by atoms with Gasteiger partial charge in [0.15, 0.2) is 0 Å². The third-order valence-electron chi connectivity index (χ3n) is 4.19. The summed E-state index contributed by atoms with van der Waals surface area (Å²) in [5.74, 6) is -0.126. The molecule has 0 saturated carbocycles. The molecule has 0 aromatic heterocycles. The van der Waals surface area contributed by atoms with Crippen LogP contribution >= 0.6 is 0 Å². The minimum absolute atomic E-state index is 0.126. The summed E-state index contributed by atoms with van der Waals surface area (Å²) in [6, 6.07) is 0. The maximum Gasteiger partial charge on any atom is 0.305 e. The summed E-state index contributed by atoms with van der Waals surface area (Å²) < 4.78 is 27.0. The van der Waals surface area contributed by atoms with Crippen LogP contribution in [0.1, 0.15) is 78.1 Å². The molecule has 0 aliphatic carbocycles. The zero-order valence-corrected chi connectivity index (χ0v) is 18.4. The Morgan fingerprint density at radius 3 is 1.43 bits per heavy atom. The van der Waals surface area contributed by atoms with Crippen LogP contribution in [0.5, 0.6) is 0 Å². The summed E-state index contributed by atoms with van der Waals surface area (Å²) in [4.78, 5) is 11.5. The van der Waals surface area contributed by atoms with Gasteiger partial charge in [-0.2, -0.15) is 0 Å². The van der Waals surface area contributed by atoms with Crippen LogP contribution in [0.25, 0.3) is 0 Å². The molecule has 0 N–H and O–H groups in total. The van der Waals surface area contributed by atoms with E-state index in [2.05, 4.69) is 13.8 Å². The standard InChI is InChI=1S/C22H44O6/c1-3-5-7-9-13-24-16-18-26-20-21-27-19-17-25-14-11-12-22(23)28-15-10-8-6-4-2/h3-21H2,1-2H3. The average molecular weight is 405 g/mol. The average Bonchev–Trinajstić information content (AvgIpc) is 2.70. The van der Waals surface area contributed by atoms with E-state index in [4.69, 9.17) is 23.7 Å². The highest BCUT2D eigenvalue weighted by molar-refractivity contribution is 5.69. The molecular weight excluding hydrogens is 360 g/mol. The van der Waals surface area contributed by atoms with E-state index in [0.29, 0.717) is 65.7 Å². The highest BCUT2D eigenvalue weighted by Crippen LogP contribution is 2.01. The van der Waals surface area contributed by atoms with E-state index in [1.807, 2.05) is 0 Å². The Bertz CT molecular complexity index is 311. The van der Waals surface area contributed by atoms with Crippen LogP contribution in [-0.4, -0.2) is 65.4 Å². The lowest BCUT2D eigenvalue weighted by Crippen LogP contribution is -2.12. The normalized spacial score (nSPS) is 11.1. The largest absolute Gasteiger partial charge is 0.466 e. The van der Waals surface area contributed by atoms with Crippen LogP contribution in [0.3, 0.4) is 0 Å². The second-order valence-corrected chi connectivity index (χ2v) is 6.89. The first-order valence-corrected chi connectivity index (χ1v) is 11.3. The number of hydrogen-bond donors (Lipinski definition) is 0. The third kappa shape index (κ3) is 23.3. The summed E-state index contributed by atoms with van der Waals surface area (Å²) in [7, 11) is 0. The van der Waals surface area contributed by atoms with E-state index in [1.165, 1.54) is 32.1 Å². The highest BCUT2D eigenvalue weighted by atomic mass is 16.6. The Balaban J connectivity index is 3.09. The monoisotopic (exact) mass is 404 g/mol. The number of carbonyl (C=O) groups excluding carboxylic acids is 1. The van der Waals surface area contributed by atoms with Crippen molar-refractivity contribution in [1.29, 1.82) is 0 Å². The molecule has 0 amide bonds. The molecular formula is C22H44O6. The van der Waals surface area contributed by atoms with Gasteiger partial charge in [-0.05, 0) is 19.3 Å². The number of unbranched alkanes of at least 4 members (excludes halogenated alkanes) is 6. The number of ether oxygens (including phenoxy) is 5. The summed E-state index contributed by atoms with van der Waals surface area (Å²) in [5, 5.41) is 0. The Hall–Kier alpha value is -0.690. The number of carbonyl (C=O) groups is 1. The first-order valence-electron chi connectivity index (χ1n) is 11.3. The van der Waals surface area contributed by atoms with Gasteiger partial charge >= 0.3 is 5.97 Å². The Kier molecular flexibility index (Phi) is 23.7. The van der Waals surface area contributed by atoms with E-state index < -0.39 is 0 Å². The van der Waals surface area contributed by atoms with Crippen molar-refractivity contribution in [1.82, 2.24) is 0 Å². The lowest BCUT2D eigenvalue weighted by Gasteiger charge is -2.08. The summed E-state index contributed by atoms with van der Waals surface area (Å²) in [5.41, 5.74) is 0. The maximum atomic E-state index is 11.5. The van der Waals surface area contributed by atoms with Gasteiger partial charge in [0.25, 0.3) is 0 Å². The van der Waals surface area contributed by atoms with Crippen molar-refractivity contribution in [2.75, 3.05) is 59.5 Å². The number of hydrogen-bond acceptors (Lipinski definition) is 6. The molecule has 0 heterocycles. The van der Waals surface area contributed by atoms with Gasteiger partial charge in [0, 0.05) is 19.6 Å². The number of esters is 1. The SMILES string of the molecule is CCCCCCOCCOCCOCCOCCCC(=O)OCCCCCC. The molecule has 0 bridgehead atoms. The molecule has 28 heavy (non-hydrogen) atoms. The molecule has 168 valence electrons. The minimum Gasteiger partial charge on any atom is -0.466 e. The van der Waals surface area contributed by atoms with Crippen molar-refractivity contribution in [2.24, 2.45) is 0 Å². The fourth-order valence-electron chi connectivity index (χ4n) is 2.50. The minimum atomic E-state index is -0.126. The molecule has 0 radical (unpaired) electrons. The number of rotatable bonds is 23. The van der Waals surface area contributed by atoms with E-state index in [1.54, 1.807) is 0 Å². The fraction of sp³-hybridized carbons (Fsp3) is 0.955. The molecule has 6 nitrogen and oxygen atoms in total. The topological polar surface area (TPSA) is 63.2 Å². The Morgan fingerprint density at radius 1 is 0.500 bits per heavy atom. The maximum absolute atomic E-state index is 11.5.